The van der Waals surface area contributed by atoms with Gasteiger partial charge in [-0.25, -0.2) is 18.8 Å². The highest BCUT2D eigenvalue weighted by atomic mass is 32.2. The molecule has 28 heavy (non-hydrogen) atoms. The molecule has 3 N–H and O–H groups in total. The summed E-state index contributed by atoms with van der Waals surface area (Å²) in [4.78, 5) is 12.8. The van der Waals surface area contributed by atoms with Crippen molar-refractivity contribution < 1.29 is 13.7 Å². The number of nitrogens with one attached hydrogen (secondary N) is 1. The summed E-state index contributed by atoms with van der Waals surface area (Å²) in [6.07, 6.45) is 7.51. The minimum Gasteiger partial charge on any atom is -0.475 e. The SMILES string of the molecule is C[C@@H]1COc2c([S@@](N)(=O)=NC(=O)Nc3c4c(cc5c3CCC5)CCC4)cnn21. The van der Waals surface area contributed by atoms with Crippen LogP contribution >= 0.6 is 0 Å². The van der Waals surface area contributed by atoms with E-state index in [4.69, 9.17) is 9.88 Å². The molecule has 2 atom stereocenters. The number of amides is 2. The molecule has 2 amide bonds. The van der Waals surface area contributed by atoms with E-state index in [2.05, 4.69) is 20.8 Å². The van der Waals surface area contributed by atoms with Gasteiger partial charge in [0.15, 0.2) is 9.92 Å². The van der Waals surface area contributed by atoms with Crippen molar-refractivity contribution in [3.63, 3.8) is 0 Å². The fourth-order valence-electron chi connectivity index (χ4n) is 4.53. The van der Waals surface area contributed by atoms with Crippen molar-refractivity contribution in [2.45, 2.75) is 56.4 Å². The molecule has 3 aliphatic rings. The summed E-state index contributed by atoms with van der Waals surface area (Å²) in [5, 5.41) is 13.0. The molecule has 0 unspecified atom stereocenters. The first-order valence-corrected chi connectivity index (χ1v) is 11.2. The second-order valence-electron chi connectivity index (χ2n) is 7.74. The number of rotatable bonds is 2. The maximum absolute atomic E-state index is 13.0. The molecular weight excluding hydrogens is 378 g/mol. The lowest BCUT2D eigenvalue weighted by molar-refractivity contribution is 0.260. The zero-order valence-corrected chi connectivity index (χ0v) is 16.6. The molecule has 0 spiro atoms. The summed E-state index contributed by atoms with van der Waals surface area (Å²) in [5.74, 6) is 0.332. The molecule has 1 aromatic carbocycles. The molecule has 9 heteroatoms. The van der Waals surface area contributed by atoms with Crippen molar-refractivity contribution in [1.82, 2.24) is 9.78 Å². The van der Waals surface area contributed by atoms with Gasteiger partial charge in [0.25, 0.3) is 0 Å². The Morgan fingerprint density at radius 2 is 1.96 bits per heavy atom. The largest absolute Gasteiger partial charge is 0.475 e. The molecule has 0 fully saturated rings. The summed E-state index contributed by atoms with van der Waals surface area (Å²) in [6, 6.07) is 1.63. The molecule has 5 rings (SSSR count). The lowest BCUT2D eigenvalue weighted by Gasteiger charge is -2.15. The summed E-state index contributed by atoms with van der Waals surface area (Å²) < 4.78 is 24.0. The number of benzene rings is 1. The summed E-state index contributed by atoms with van der Waals surface area (Å²) in [5.41, 5.74) is 5.85. The molecule has 0 saturated heterocycles. The van der Waals surface area contributed by atoms with Crippen molar-refractivity contribution in [1.29, 1.82) is 0 Å². The molecular formula is C19H23N5O3S. The Bertz CT molecular complexity index is 1080. The molecule has 148 valence electrons. The van der Waals surface area contributed by atoms with Crippen LogP contribution in [0, 0.1) is 0 Å². The van der Waals surface area contributed by atoms with Gasteiger partial charge in [-0.15, -0.1) is 4.36 Å². The third kappa shape index (κ3) is 2.72. The van der Waals surface area contributed by atoms with Crippen LogP contribution in [0.15, 0.2) is 21.5 Å². The number of anilines is 1. The zero-order chi connectivity index (χ0) is 19.5. The van der Waals surface area contributed by atoms with Crippen molar-refractivity contribution >= 4 is 21.6 Å². The van der Waals surface area contributed by atoms with Crippen LogP contribution in [-0.2, 0) is 35.6 Å². The highest BCUT2D eigenvalue weighted by molar-refractivity contribution is 7.91. The number of urea groups is 1. The quantitative estimate of drug-likeness (QED) is 0.806. The lowest BCUT2D eigenvalue weighted by atomic mass is 9.99. The molecule has 2 aromatic rings. The predicted molar refractivity (Wildman–Crippen MR) is 105 cm³/mol. The van der Waals surface area contributed by atoms with Crippen LogP contribution < -0.4 is 15.2 Å². The normalized spacial score (nSPS) is 21.4. The number of carbonyl (C=O) groups is 1. The second-order valence-corrected chi connectivity index (χ2v) is 9.50. The van der Waals surface area contributed by atoms with Gasteiger partial charge >= 0.3 is 6.03 Å². The Balaban J connectivity index is 1.49. The third-order valence-electron chi connectivity index (χ3n) is 5.84. The first kappa shape index (κ1) is 17.7. The number of fused-ring (bicyclic) bond motifs is 3. The number of aromatic nitrogens is 2. The molecule has 1 aromatic heterocycles. The van der Waals surface area contributed by atoms with Crippen LogP contribution in [0.4, 0.5) is 10.5 Å². The highest BCUT2D eigenvalue weighted by Gasteiger charge is 2.30. The molecule has 2 heterocycles. The van der Waals surface area contributed by atoms with E-state index >= 15 is 0 Å². The predicted octanol–water partition coefficient (Wildman–Crippen LogP) is 2.75. The fraction of sp³-hybridized carbons (Fsp3) is 0.474. The van der Waals surface area contributed by atoms with Crippen LogP contribution in [0.5, 0.6) is 5.88 Å². The average Bonchev–Trinajstić information content (AvgIpc) is 3.38. The Hall–Kier alpha value is -2.39. The topological polar surface area (TPSA) is 112 Å². The average molecular weight is 401 g/mol. The minimum absolute atomic E-state index is 0.0299. The van der Waals surface area contributed by atoms with E-state index in [0.717, 1.165) is 44.2 Å². The van der Waals surface area contributed by atoms with Crippen LogP contribution in [0.3, 0.4) is 0 Å². The van der Waals surface area contributed by atoms with E-state index < -0.39 is 15.9 Å². The van der Waals surface area contributed by atoms with Crippen molar-refractivity contribution in [2.24, 2.45) is 9.50 Å². The molecule has 0 saturated carbocycles. The van der Waals surface area contributed by atoms with Gasteiger partial charge in [-0.2, -0.15) is 5.10 Å². The second kappa shape index (κ2) is 6.31. The number of nitrogens with two attached hydrogens (primary N) is 1. The van der Waals surface area contributed by atoms with E-state index in [1.807, 2.05) is 6.92 Å². The number of nitrogens with zero attached hydrogens (tertiary/aromatic N) is 3. The Kier molecular flexibility index (Phi) is 3.99. The van der Waals surface area contributed by atoms with E-state index in [1.165, 1.54) is 28.5 Å². The van der Waals surface area contributed by atoms with Crippen LogP contribution in [0.1, 0.15) is 48.1 Å². The van der Waals surface area contributed by atoms with Gasteiger partial charge in [-0.05, 0) is 67.7 Å². The highest BCUT2D eigenvalue weighted by Crippen LogP contribution is 2.39. The van der Waals surface area contributed by atoms with E-state index in [9.17, 15) is 9.00 Å². The molecule has 2 aliphatic carbocycles. The number of ether oxygens (including phenoxy) is 1. The van der Waals surface area contributed by atoms with E-state index in [1.54, 1.807) is 4.68 Å². The first-order valence-electron chi connectivity index (χ1n) is 9.67. The first-order chi connectivity index (χ1) is 13.4. The monoisotopic (exact) mass is 401 g/mol. The zero-order valence-electron chi connectivity index (χ0n) is 15.7. The number of aryl methyl sites for hydroxylation is 2. The maximum atomic E-state index is 13.0. The van der Waals surface area contributed by atoms with Gasteiger partial charge in [0, 0.05) is 5.69 Å². The smallest absolute Gasteiger partial charge is 0.354 e. The minimum atomic E-state index is -3.46. The van der Waals surface area contributed by atoms with Crippen LogP contribution in [0.2, 0.25) is 0 Å². The van der Waals surface area contributed by atoms with Crippen LogP contribution in [0.25, 0.3) is 0 Å². The number of hydrogen-bond donors (Lipinski definition) is 2. The fourth-order valence-corrected chi connectivity index (χ4v) is 5.52. The van der Waals surface area contributed by atoms with Gasteiger partial charge < -0.3 is 10.1 Å². The van der Waals surface area contributed by atoms with Gasteiger partial charge in [0.05, 0.1) is 12.2 Å². The van der Waals surface area contributed by atoms with Gasteiger partial charge in [0.2, 0.25) is 5.88 Å². The van der Waals surface area contributed by atoms with Crippen molar-refractivity contribution in [3.05, 3.63) is 34.5 Å². The van der Waals surface area contributed by atoms with Gasteiger partial charge in [0.1, 0.15) is 11.5 Å². The summed E-state index contributed by atoms with van der Waals surface area (Å²) in [7, 11) is -3.46. The summed E-state index contributed by atoms with van der Waals surface area (Å²) in [6.45, 7) is 2.37. The van der Waals surface area contributed by atoms with E-state index in [-0.39, 0.29) is 10.9 Å². The number of hydrogen-bond acceptors (Lipinski definition) is 4. The molecule has 0 bridgehead atoms. The molecule has 0 radical (unpaired) electrons. The van der Waals surface area contributed by atoms with Crippen LogP contribution in [-0.4, -0.2) is 26.6 Å². The lowest BCUT2D eigenvalue weighted by Crippen LogP contribution is -2.19. The number of carbonyl (C=O) groups excluding carboxylic acids is 1. The third-order valence-corrected chi connectivity index (χ3v) is 7.18. The van der Waals surface area contributed by atoms with E-state index in [0.29, 0.717) is 12.5 Å². The maximum Gasteiger partial charge on any atom is 0.354 e. The Morgan fingerprint density at radius 3 is 2.64 bits per heavy atom. The van der Waals surface area contributed by atoms with Crippen molar-refractivity contribution in [3.8, 4) is 5.88 Å². The van der Waals surface area contributed by atoms with Gasteiger partial charge in [-0.3, -0.25) is 0 Å². The molecule has 8 nitrogen and oxygen atoms in total. The molecule has 1 aliphatic heterocycles. The standard InChI is InChI=1S/C19H23N5O3S/c1-11-10-27-18-16(9-21-24(11)18)28(20,26)23-19(25)22-17-14-6-2-4-12(14)8-13-5-3-7-15(13)17/h8-9,11H,2-7,10H2,1H3,(H3,20,22,23,25,26)/t11-,28+/m1/s1. The van der Waals surface area contributed by atoms with Gasteiger partial charge in [-0.1, -0.05) is 6.07 Å². The summed E-state index contributed by atoms with van der Waals surface area (Å²) >= 11 is 0. The van der Waals surface area contributed by atoms with Crippen molar-refractivity contribution in [2.75, 3.05) is 11.9 Å². The Labute approximate surface area is 163 Å². The Morgan fingerprint density at radius 1 is 1.29 bits per heavy atom.